The molecule has 136 valence electrons. The molecule has 1 aromatic rings. The third kappa shape index (κ3) is 3.29. The number of carbonyl (C=O) groups is 2. The molecule has 1 N–H and O–H groups in total. The molecule has 1 fully saturated rings. The van der Waals surface area contributed by atoms with Crippen LogP contribution in [0.3, 0.4) is 0 Å². The van der Waals surface area contributed by atoms with E-state index in [-0.39, 0.29) is 24.6 Å². The Labute approximate surface area is 143 Å². The maximum atomic E-state index is 13.2. The number of likely N-dealkylation sites (tertiary alicyclic amines) is 1. The number of ether oxygens (including phenoxy) is 1. The fourth-order valence-corrected chi connectivity index (χ4v) is 3.35. The van der Waals surface area contributed by atoms with Crippen LogP contribution in [0.25, 0.3) is 0 Å². The number of nitrogens with zero attached hydrogens (tertiary/aromatic N) is 1. The number of carbonyl (C=O) groups excluding carboxylic acids is 2. The van der Waals surface area contributed by atoms with Crippen LogP contribution in [0.5, 0.6) is 0 Å². The second-order valence-corrected chi connectivity index (χ2v) is 7.34. The normalized spacial score (nSPS) is 23.0. The molecular formula is C17H19F3N2O3. The fourth-order valence-electron chi connectivity index (χ4n) is 3.35. The number of amides is 2. The zero-order chi connectivity index (χ0) is 18.6. The van der Waals surface area contributed by atoms with E-state index in [4.69, 9.17) is 4.74 Å². The summed E-state index contributed by atoms with van der Waals surface area (Å²) in [5.41, 5.74) is -1.64. The van der Waals surface area contributed by atoms with Crippen molar-refractivity contribution >= 4 is 12.0 Å². The molecule has 25 heavy (non-hydrogen) atoms. The molecule has 2 aliphatic heterocycles. The summed E-state index contributed by atoms with van der Waals surface area (Å²) >= 11 is 0. The molecule has 2 atom stereocenters. The Bertz CT molecular complexity index is 725. The van der Waals surface area contributed by atoms with Gasteiger partial charge in [0.25, 0.3) is 5.91 Å². The van der Waals surface area contributed by atoms with Crippen molar-refractivity contribution in [3.8, 4) is 0 Å². The van der Waals surface area contributed by atoms with E-state index in [9.17, 15) is 22.8 Å². The molecule has 0 spiro atoms. The van der Waals surface area contributed by atoms with Crippen LogP contribution in [0.1, 0.15) is 48.2 Å². The van der Waals surface area contributed by atoms with E-state index < -0.39 is 35.4 Å². The van der Waals surface area contributed by atoms with Crippen LogP contribution >= 0.6 is 0 Å². The number of fused-ring (bicyclic) bond motifs is 3. The Kier molecular flexibility index (Phi) is 3.96. The molecule has 0 aliphatic carbocycles. The van der Waals surface area contributed by atoms with Gasteiger partial charge in [0.2, 0.25) is 0 Å². The fraction of sp³-hybridized carbons (Fsp3) is 0.529. The van der Waals surface area contributed by atoms with E-state index in [0.29, 0.717) is 5.56 Å². The first-order valence-corrected chi connectivity index (χ1v) is 7.96. The number of hydrogen-bond acceptors (Lipinski definition) is 3. The Hall–Kier alpha value is -2.25. The Morgan fingerprint density at radius 2 is 1.92 bits per heavy atom. The lowest BCUT2D eigenvalue weighted by Crippen LogP contribution is -2.45. The van der Waals surface area contributed by atoms with Crippen LogP contribution in [0.4, 0.5) is 18.0 Å². The zero-order valence-electron chi connectivity index (χ0n) is 14.1. The van der Waals surface area contributed by atoms with Crippen molar-refractivity contribution in [2.75, 3.05) is 13.1 Å². The topological polar surface area (TPSA) is 58.6 Å². The van der Waals surface area contributed by atoms with Crippen molar-refractivity contribution in [2.24, 2.45) is 0 Å². The van der Waals surface area contributed by atoms with Crippen molar-refractivity contribution in [1.82, 2.24) is 10.2 Å². The SMILES string of the molecule is CC(C)(C)OC(=O)N1C[C@@H]2NC(=O)c3c(cccc3C(F)(F)F)[C@@H]2C1. The summed E-state index contributed by atoms with van der Waals surface area (Å²) in [7, 11) is 0. The van der Waals surface area contributed by atoms with E-state index in [1.807, 2.05) is 0 Å². The van der Waals surface area contributed by atoms with E-state index in [1.165, 1.54) is 17.0 Å². The summed E-state index contributed by atoms with van der Waals surface area (Å²) in [6.07, 6.45) is -5.15. The van der Waals surface area contributed by atoms with Gasteiger partial charge in [0.1, 0.15) is 5.60 Å². The van der Waals surface area contributed by atoms with Crippen molar-refractivity contribution in [3.63, 3.8) is 0 Å². The first-order valence-electron chi connectivity index (χ1n) is 7.96. The molecule has 0 saturated carbocycles. The summed E-state index contributed by atoms with van der Waals surface area (Å²) in [5.74, 6) is -1.14. The van der Waals surface area contributed by atoms with Gasteiger partial charge in [-0.05, 0) is 32.4 Å². The van der Waals surface area contributed by atoms with Crippen LogP contribution < -0.4 is 5.32 Å². The largest absolute Gasteiger partial charge is 0.444 e. The summed E-state index contributed by atoms with van der Waals surface area (Å²) in [5, 5.41) is 2.61. The number of hydrogen-bond donors (Lipinski definition) is 1. The molecule has 5 nitrogen and oxygen atoms in total. The number of nitrogens with one attached hydrogen (secondary N) is 1. The van der Waals surface area contributed by atoms with Crippen molar-refractivity contribution in [2.45, 2.75) is 44.5 Å². The molecule has 0 aromatic heterocycles. The zero-order valence-corrected chi connectivity index (χ0v) is 14.1. The Morgan fingerprint density at radius 1 is 1.24 bits per heavy atom. The molecule has 2 heterocycles. The predicted octanol–water partition coefficient (Wildman–Crippen LogP) is 3.15. The van der Waals surface area contributed by atoms with Crippen LogP contribution in [-0.4, -0.2) is 41.6 Å². The highest BCUT2D eigenvalue weighted by Gasteiger charge is 2.46. The van der Waals surface area contributed by atoms with Gasteiger partial charge in [-0.25, -0.2) is 4.79 Å². The number of rotatable bonds is 0. The summed E-state index contributed by atoms with van der Waals surface area (Å²) in [6.45, 7) is 5.62. The lowest BCUT2D eigenvalue weighted by Gasteiger charge is -2.29. The quantitative estimate of drug-likeness (QED) is 0.777. The van der Waals surface area contributed by atoms with E-state index >= 15 is 0 Å². The predicted molar refractivity (Wildman–Crippen MR) is 83.2 cm³/mol. The van der Waals surface area contributed by atoms with Crippen LogP contribution in [0.2, 0.25) is 0 Å². The van der Waals surface area contributed by atoms with E-state index in [0.717, 1.165) is 6.07 Å². The average molecular weight is 356 g/mol. The minimum atomic E-state index is -4.61. The standard InChI is InChI=1S/C17H19F3N2O3/c1-16(2,3)25-15(24)22-7-10-9-5-4-6-11(17(18,19)20)13(9)14(23)21-12(10)8-22/h4-6,10,12H,7-8H2,1-3H3,(H,21,23)/t10-,12-/m0/s1. The van der Waals surface area contributed by atoms with Gasteiger partial charge in [-0.1, -0.05) is 12.1 Å². The molecule has 0 unspecified atom stereocenters. The van der Waals surface area contributed by atoms with Crippen molar-refractivity contribution in [1.29, 1.82) is 0 Å². The third-order valence-corrected chi connectivity index (χ3v) is 4.32. The molecule has 8 heteroatoms. The maximum absolute atomic E-state index is 13.2. The van der Waals surface area contributed by atoms with Crippen molar-refractivity contribution in [3.05, 3.63) is 34.9 Å². The van der Waals surface area contributed by atoms with E-state index in [1.54, 1.807) is 20.8 Å². The lowest BCUT2D eigenvalue weighted by molar-refractivity contribution is -0.138. The smallest absolute Gasteiger partial charge is 0.417 e. The van der Waals surface area contributed by atoms with Gasteiger partial charge in [-0.15, -0.1) is 0 Å². The Balaban J connectivity index is 1.92. The van der Waals surface area contributed by atoms with Gasteiger partial charge in [0.15, 0.2) is 0 Å². The minimum Gasteiger partial charge on any atom is -0.444 e. The second-order valence-electron chi connectivity index (χ2n) is 7.34. The molecule has 0 bridgehead atoms. The lowest BCUT2D eigenvalue weighted by atomic mass is 9.84. The first kappa shape index (κ1) is 17.6. The molecule has 2 aliphatic rings. The summed E-state index contributed by atoms with van der Waals surface area (Å²) in [6, 6.07) is 3.31. The van der Waals surface area contributed by atoms with E-state index in [2.05, 4.69) is 5.32 Å². The van der Waals surface area contributed by atoms with Gasteiger partial charge in [-0.3, -0.25) is 4.79 Å². The molecule has 2 amide bonds. The monoisotopic (exact) mass is 356 g/mol. The van der Waals surface area contributed by atoms with Gasteiger partial charge in [0.05, 0.1) is 17.2 Å². The van der Waals surface area contributed by atoms with Gasteiger partial charge in [-0.2, -0.15) is 13.2 Å². The third-order valence-electron chi connectivity index (χ3n) is 4.32. The molecule has 1 aromatic carbocycles. The Morgan fingerprint density at radius 3 is 2.52 bits per heavy atom. The van der Waals surface area contributed by atoms with Gasteiger partial charge in [0, 0.05) is 19.0 Å². The molecule has 0 radical (unpaired) electrons. The highest BCUT2D eigenvalue weighted by molar-refractivity contribution is 5.99. The van der Waals surface area contributed by atoms with Crippen LogP contribution in [0.15, 0.2) is 18.2 Å². The highest BCUT2D eigenvalue weighted by atomic mass is 19.4. The summed E-state index contributed by atoms with van der Waals surface area (Å²) < 4.78 is 45.0. The van der Waals surface area contributed by atoms with Crippen LogP contribution in [-0.2, 0) is 10.9 Å². The summed E-state index contributed by atoms with van der Waals surface area (Å²) in [4.78, 5) is 25.9. The highest BCUT2D eigenvalue weighted by Crippen LogP contribution is 2.40. The first-order chi connectivity index (χ1) is 11.5. The van der Waals surface area contributed by atoms with Gasteiger partial charge < -0.3 is 15.0 Å². The van der Waals surface area contributed by atoms with Gasteiger partial charge >= 0.3 is 12.3 Å². The van der Waals surface area contributed by atoms with Crippen LogP contribution in [0, 0.1) is 0 Å². The number of halogens is 3. The van der Waals surface area contributed by atoms with Crippen molar-refractivity contribution < 1.29 is 27.5 Å². The molecule has 1 saturated heterocycles. The minimum absolute atomic E-state index is 0.203. The average Bonchev–Trinajstić information content (AvgIpc) is 2.88. The maximum Gasteiger partial charge on any atom is 0.417 e. The molecule has 3 rings (SSSR count). The number of benzene rings is 1. The molecular weight excluding hydrogens is 337 g/mol. The second kappa shape index (κ2) is 5.64. The number of alkyl halides is 3.